The molecular formula is C14H18FNO5S. The average Bonchev–Trinajstić information content (AvgIpc) is 2.46. The molecule has 1 fully saturated rings. The van der Waals surface area contributed by atoms with Crippen molar-refractivity contribution in [3.8, 4) is 0 Å². The van der Waals surface area contributed by atoms with Gasteiger partial charge in [-0.05, 0) is 38.0 Å². The number of carbonyl (C=O) groups is 1. The van der Waals surface area contributed by atoms with E-state index in [0.29, 0.717) is 18.9 Å². The van der Waals surface area contributed by atoms with Crippen molar-refractivity contribution in [2.75, 3.05) is 6.54 Å². The van der Waals surface area contributed by atoms with Gasteiger partial charge in [0.2, 0.25) is 10.0 Å². The summed E-state index contributed by atoms with van der Waals surface area (Å²) >= 11 is 0. The second-order valence-electron chi connectivity index (χ2n) is 5.37. The highest BCUT2D eigenvalue weighted by atomic mass is 32.2. The summed E-state index contributed by atoms with van der Waals surface area (Å²) in [7, 11) is -4.12. The summed E-state index contributed by atoms with van der Waals surface area (Å²) in [5.41, 5.74) is -0.317. The van der Waals surface area contributed by atoms with Gasteiger partial charge in [0.05, 0.1) is 17.7 Å². The molecule has 1 aromatic rings. The van der Waals surface area contributed by atoms with Crippen LogP contribution in [-0.4, -0.2) is 47.6 Å². The first-order valence-electron chi connectivity index (χ1n) is 6.98. The van der Waals surface area contributed by atoms with Crippen LogP contribution in [0.4, 0.5) is 4.39 Å². The highest BCUT2D eigenvalue weighted by Crippen LogP contribution is 2.28. The van der Waals surface area contributed by atoms with Crippen LogP contribution in [-0.2, 0) is 10.0 Å². The number of carboxylic acids is 1. The lowest BCUT2D eigenvalue weighted by molar-refractivity contribution is 0.0696. The van der Waals surface area contributed by atoms with Crippen molar-refractivity contribution in [3.05, 3.63) is 29.6 Å². The predicted molar refractivity (Wildman–Crippen MR) is 76.6 cm³/mol. The van der Waals surface area contributed by atoms with Crippen LogP contribution >= 0.6 is 0 Å². The van der Waals surface area contributed by atoms with Crippen LogP contribution in [0.15, 0.2) is 23.1 Å². The molecular weight excluding hydrogens is 313 g/mol. The number of nitrogens with zero attached hydrogens (tertiary/aromatic N) is 1. The van der Waals surface area contributed by atoms with Crippen LogP contribution in [0.1, 0.15) is 36.5 Å². The van der Waals surface area contributed by atoms with Crippen molar-refractivity contribution in [3.63, 3.8) is 0 Å². The van der Waals surface area contributed by atoms with Gasteiger partial charge >= 0.3 is 5.97 Å². The first kappa shape index (κ1) is 16.9. The van der Waals surface area contributed by atoms with Gasteiger partial charge in [-0.15, -0.1) is 0 Å². The Balaban J connectivity index is 2.43. The van der Waals surface area contributed by atoms with E-state index in [1.54, 1.807) is 0 Å². The number of aromatic carboxylic acids is 1. The topological polar surface area (TPSA) is 94.9 Å². The Bertz CT molecular complexity index is 674. The standard InChI is InChI=1S/C14H18FNO5S/c1-9(17)12-4-2-3-7-16(12)22(20,21)13-6-5-10(14(18)19)8-11(13)15/h5-6,8-9,12,17H,2-4,7H2,1H3,(H,18,19). The predicted octanol–water partition coefficient (Wildman–Crippen LogP) is 1.45. The van der Waals surface area contributed by atoms with E-state index in [1.165, 1.54) is 6.92 Å². The molecule has 0 amide bonds. The molecule has 6 nitrogen and oxygen atoms in total. The summed E-state index contributed by atoms with van der Waals surface area (Å²) in [5.74, 6) is -2.43. The van der Waals surface area contributed by atoms with Crippen LogP contribution in [0.3, 0.4) is 0 Å². The van der Waals surface area contributed by atoms with Crippen molar-refractivity contribution in [2.45, 2.75) is 43.2 Å². The van der Waals surface area contributed by atoms with Gasteiger partial charge in [0.15, 0.2) is 0 Å². The number of piperidine rings is 1. The average molecular weight is 331 g/mol. The van der Waals surface area contributed by atoms with Crippen LogP contribution in [0.5, 0.6) is 0 Å². The second kappa shape index (κ2) is 6.31. The molecule has 0 radical (unpaired) electrons. The van der Waals surface area contributed by atoms with E-state index < -0.39 is 38.9 Å². The number of sulfonamides is 1. The van der Waals surface area contributed by atoms with Gasteiger partial charge in [0.25, 0.3) is 0 Å². The molecule has 0 saturated carbocycles. The van der Waals surface area contributed by atoms with Gasteiger partial charge in [-0.2, -0.15) is 4.31 Å². The molecule has 2 rings (SSSR count). The van der Waals surface area contributed by atoms with Crippen LogP contribution in [0, 0.1) is 5.82 Å². The molecule has 0 bridgehead atoms. The summed E-state index contributed by atoms with van der Waals surface area (Å²) in [6.45, 7) is 1.71. The Morgan fingerprint density at radius 2 is 2.09 bits per heavy atom. The zero-order chi connectivity index (χ0) is 16.5. The van der Waals surface area contributed by atoms with Crippen molar-refractivity contribution in [1.29, 1.82) is 0 Å². The van der Waals surface area contributed by atoms with Crippen LogP contribution < -0.4 is 0 Å². The molecule has 0 aromatic heterocycles. The maximum Gasteiger partial charge on any atom is 0.335 e. The zero-order valence-corrected chi connectivity index (χ0v) is 12.9. The van der Waals surface area contributed by atoms with Crippen LogP contribution in [0.25, 0.3) is 0 Å². The highest BCUT2D eigenvalue weighted by molar-refractivity contribution is 7.89. The van der Waals surface area contributed by atoms with Crippen molar-refractivity contribution >= 4 is 16.0 Å². The quantitative estimate of drug-likeness (QED) is 0.871. The van der Waals surface area contributed by atoms with E-state index in [0.717, 1.165) is 22.9 Å². The number of benzene rings is 1. The Morgan fingerprint density at radius 3 is 2.64 bits per heavy atom. The minimum atomic E-state index is -4.12. The Labute approximate surface area is 128 Å². The Morgan fingerprint density at radius 1 is 1.41 bits per heavy atom. The molecule has 1 aliphatic heterocycles. The monoisotopic (exact) mass is 331 g/mol. The number of aliphatic hydroxyl groups excluding tert-OH is 1. The van der Waals surface area contributed by atoms with Crippen molar-refractivity contribution in [1.82, 2.24) is 4.31 Å². The van der Waals surface area contributed by atoms with E-state index in [-0.39, 0.29) is 12.1 Å². The lowest BCUT2D eigenvalue weighted by Crippen LogP contribution is -2.48. The number of carboxylic acid groups (broad SMARTS) is 1. The lowest BCUT2D eigenvalue weighted by Gasteiger charge is -2.36. The molecule has 0 spiro atoms. The first-order valence-corrected chi connectivity index (χ1v) is 8.42. The maximum absolute atomic E-state index is 14.1. The normalized spacial score (nSPS) is 21.5. The minimum absolute atomic E-state index is 0.206. The Kier molecular flexibility index (Phi) is 4.84. The molecule has 1 aromatic carbocycles. The largest absolute Gasteiger partial charge is 0.478 e. The number of rotatable bonds is 4. The van der Waals surface area contributed by atoms with Crippen molar-refractivity contribution in [2.24, 2.45) is 0 Å². The lowest BCUT2D eigenvalue weighted by atomic mass is 10.0. The fourth-order valence-corrected chi connectivity index (χ4v) is 4.49. The molecule has 2 unspecified atom stereocenters. The fourth-order valence-electron chi connectivity index (χ4n) is 2.68. The molecule has 1 heterocycles. The van der Waals surface area contributed by atoms with E-state index in [1.807, 2.05) is 0 Å². The molecule has 2 atom stereocenters. The maximum atomic E-state index is 14.1. The minimum Gasteiger partial charge on any atom is -0.478 e. The summed E-state index contributed by atoms with van der Waals surface area (Å²) in [6.07, 6.45) is 1.07. The smallest absolute Gasteiger partial charge is 0.335 e. The van der Waals surface area contributed by atoms with E-state index in [9.17, 15) is 22.7 Å². The summed E-state index contributed by atoms with van der Waals surface area (Å²) in [4.78, 5) is 10.2. The van der Waals surface area contributed by atoms with Gasteiger partial charge in [0, 0.05) is 6.54 Å². The summed E-state index contributed by atoms with van der Waals surface area (Å²) < 4.78 is 40.4. The first-order chi connectivity index (χ1) is 10.2. The number of hydrogen-bond donors (Lipinski definition) is 2. The third-order valence-corrected chi connectivity index (χ3v) is 5.78. The summed E-state index contributed by atoms with van der Waals surface area (Å²) in [6, 6.07) is 2.11. The van der Waals surface area contributed by atoms with Gasteiger partial charge in [-0.1, -0.05) is 6.42 Å². The van der Waals surface area contributed by atoms with Gasteiger partial charge in [-0.3, -0.25) is 0 Å². The molecule has 8 heteroatoms. The van der Waals surface area contributed by atoms with Gasteiger partial charge in [-0.25, -0.2) is 17.6 Å². The zero-order valence-electron chi connectivity index (χ0n) is 12.1. The molecule has 122 valence electrons. The molecule has 2 N–H and O–H groups in total. The number of halogens is 1. The number of aliphatic hydroxyl groups is 1. The second-order valence-corrected chi connectivity index (χ2v) is 7.23. The van der Waals surface area contributed by atoms with Crippen molar-refractivity contribution < 1.29 is 27.8 Å². The summed E-state index contributed by atoms with van der Waals surface area (Å²) in [5, 5.41) is 18.6. The van der Waals surface area contributed by atoms with E-state index in [4.69, 9.17) is 5.11 Å². The van der Waals surface area contributed by atoms with Crippen LogP contribution in [0.2, 0.25) is 0 Å². The third kappa shape index (κ3) is 3.13. The Hall–Kier alpha value is -1.51. The third-order valence-electron chi connectivity index (χ3n) is 3.82. The fraction of sp³-hybridized carbons (Fsp3) is 0.500. The highest BCUT2D eigenvalue weighted by Gasteiger charge is 2.37. The molecule has 22 heavy (non-hydrogen) atoms. The van der Waals surface area contributed by atoms with E-state index >= 15 is 0 Å². The molecule has 0 aliphatic carbocycles. The van der Waals surface area contributed by atoms with E-state index in [2.05, 4.69) is 0 Å². The molecule has 1 aliphatic rings. The van der Waals surface area contributed by atoms with Gasteiger partial charge < -0.3 is 10.2 Å². The molecule has 1 saturated heterocycles. The van der Waals surface area contributed by atoms with Gasteiger partial charge in [0.1, 0.15) is 10.7 Å². The number of hydrogen-bond acceptors (Lipinski definition) is 4. The SMILES string of the molecule is CC(O)C1CCCCN1S(=O)(=O)c1ccc(C(=O)O)cc1F.